The average Bonchev–Trinajstić information content (AvgIpc) is 2.90. The van der Waals surface area contributed by atoms with Crippen LogP contribution in [0, 0.1) is 0 Å². The number of esters is 1. The minimum Gasteiger partial charge on any atom is -0.454 e. The molecule has 0 heterocycles. The van der Waals surface area contributed by atoms with E-state index in [0.29, 0.717) is 13.0 Å². The Labute approximate surface area is 252 Å². The van der Waals surface area contributed by atoms with Crippen molar-refractivity contribution in [2.24, 2.45) is 0 Å². The highest BCUT2D eigenvalue weighted by molar-refractivity contribution is 7.47. The zero-order valence-electron chi connectivity index (χ0n) is 27.3. The average molecular weight is 607 g/mol. The zero-order valence-corrected chi connectivity index (χ0v) is 28.2. The molecular weight excluding hydrogens is 541 g/mol. The number of carbonyl (C=O) groups excluding carboxylic acids is 1. The second-order valence-corrected chi connectivity index (χ2v) is 13.7. The summed E-state index contributed by atoms with van der Waals surface area (Å²) in [6.45, 7) is 5.62. The van der Waals surface area contributed by atoms with Gasteiger partial charge in [0.25, 0.3) is 0 Å². The number of phosphoric acid groups is 1. The largest absolute Gasteiger partial charge is 0.472 e. The summed E-state index contributed by atoms with van der Waals surface area (Å²) >= 11 is 0. The monoisotopic (exact) mass is 606 g/mol. The van der Waals surface area contributed by atoms with Crippen LogP contribution in [0.4, 0.5) is 0 Å². The molecule has 1 N–H and O–H groups in total. The highest BCUT2D eigenvalue weighted by Gasteiger charge is 2.25. The molecule has 0 aliphatic heterocycles. The van der Waals surface area contributed by atoms with Crippen molar-refractivity contribution in [1.82, 2.24) is 0 Å². The molecule has 9 heteroatoms. The van der Waals surface area contributed by atoms with Crippen LogP contribution in [0.5, 0.6) is 0 Å². The lowest BCUT2D eigenvalue weighted by Gasteiger charge is -2.23. The number of ether oxygens (including phenoxy) is 2. The van der Waals surface area contributed by atoms with E-state index in [4.69, 9.17) is 18.5 Å². The quantitative estimate of drug-likeness (QED) is 0.0289. The Bertz CT molecular complexity index is 681. The molecule has 0 fully saturated rings. The molecule has 0 bridgehead atoms. The number of nitrogens with zero attached hydrogens (tertiary/aromatic N) is 1. The van der Waals surface area contributed by atoms with Gasteiger partial charge in [-0.25, -0.2) is 9.36 Å². The van der Waals surface area contributed by atoms with Gasteiger partial charge >= 0.3 is 13.8 Å². The zero-order chi connectivity index (χ0) is 30.7. The molecule has 0 rings (SSSR count). The lowest BCUT2D eigenvalue weighted by atomic mass is 10.0. The van der Waals surface area contributed by atoms with Crippen LogP contribution in [-0.4, -0.2) is 75.6 Å². The summed E-state index contributed by atoms with van der Waals surface area (Å²) in [5.74, 6) is -0.538. The third-order valence-corrected chi connectivity index (χ3v) is 7.92. The van der Waals surface area contributed by atoms with Gasteiger partial charge in [0.1, 0.15) is 6.10 Å². The van der Waals surface area contributed by atoms with Crippen molar-refractivity contribution in [3.8, 4) is 0 Å². The van der Waals surface area contributed by atoms with Crippen molar-refractivity contribution in [1.29, 1.82) is 0 Å². The number of quaternary nitrogens is 1. The number of hydrogen-bond donors (Lipinski definition) is 1. The van der Waals surface area contributed by atoms with Crippen molar-refractivity contribution >= 4 is 13.8 Å². The molecule has 0 spiro atoms. The van der Waals surface area contributed by atoms with Crippen LogP contribution >= 0.6 is 7.82 Å². The molecule has 0 amide bonds. The van der Waals surface area contributed by atoms with E-state index in [9.17, 15) is 14.3 Å². The van der Waals surface area contributed by atoms with Gasteiger partial charge in [0.15, 0.2) is 0 Å². The van der Waals surface area contributed by atoms with Crippen LogP contribution in [-0.2, 0) is 27.9 Å². The second-order valence-electron chi connectivity index (χ2n) is 12.3. The van der Waals surface area contributed by atoms with Crippen LogP contribution in [0.3, 0.4) is 0 Å². The highest BCUT2D eigenvalue weighted by atomic mass is 31.2. The number of hydrogen-bond acceptors (Lipinski definition) is 6. The number of rotatable bonds is 30. The molecule has 41 heavy (non-hydrogen) atoms. The third-order valence-electron chi connectivity index (χ3n) is 6.93. The predicted molar refractivity (Wildman–Crippen MR) is 169 cm³/mol. The van der Waals surface area contributed by atoms with Crippen LogP contribution in [0.15, 0.2) is 12.2 Å². The van der Waals surface area contributed by atoms with Crippen molar-refractivity contribution in [2.75, 3.05) is 54.1 Å². The minimum atomic E-state index is -4.23. The van der Waals surface area contributed by atoms with Gasteiger partial charge in [-0.3, -0.25) is 9.05 Å². The maximum absolute atomic E-state index is 12.3. The first-order chi connectivity index (χ1) is 19.6. The standard InChI is InChI=1S/C32H64NO7P/c1-6-8-9-10-11-12-13-14-15-16-17-18-20-23-27-37-29-31(40-32(34)25-7-2)30-39-41(35,36)38-28-24-21-19-22-26-33(3,4)5/h7,25,31H,6,8-24,26-30H2,1-5H3/p+1/t31-/m1/s1. The van der Waals surface area contributed by atoms with Gasteiger partial charge in [-0.2, -0.15) is 0 Å². The van der Waals surface area contributed by atoms with E-state index in [1.54, 1.807) is 13.0 Å². The fourth-order valence-corrected chi connectivity index (χ4v) is 5.29. The first kappa shape index (κ1) is 40.2. The summed E-state index contributed by atoms with van der Waals surface area (Å²) in [5, 5.41) is 0. The fraction of sp³-hybridized carbons (Fsp3) is 0.906. The van der Waals surface area contributed by atoms with Gasteiger partial charge in [-0.1, -0.05) is 103 Å². The molecule has 0 saturated heterocycles. The van der Waals surface area contributed by atoms with E-state index in [1.165, 1.54) is 83.1 Å². The normalized spacial score (nSPS) is 14.4. The van der Waals surface area contributed by atoms with Crippen LogP contribution in [0.2, 0.25) is 0 Å². The lowest BCUT2D eigenvalue weighted by Crippen LogP contribution is -2.35. The smallest absolute Gasteiger partial charge is 0.454 e. The molecule has 0 aromatic heterocycles. The molecule has 1 unspecified atom stereocenters. The van der Waals surface area contributed by atoms with Gasteiger partial charge in [0.2, 0.25) is 0 Å². The highest BCUT2D eigenvalue weighted by Crippen LogP contribution is 2.43. The molecule has 244 valence electrons. The number of phosphoric ester groups is 1. The Hall–Kier alpha value is -0.760. The molecule has 0 aromatic carbocycles. The Morgan fingerprint density at radius 3 is 1.73 bits per heavy atom. The van der Waals surface area contributed by atoms with Crippen LogP contribution in [0.25, 0.3) is 0 Å². The van der Waals surface area contributed by atoms with E-state index in [1.807, 2.05) is 0 Å². The molecule has 2 atom stereocenters. The van der Waals surface area contributed by atoms with E-state index < -0.39 is 19.9 Å². The Balaban J connectivity index is 4.00. The van der Waals surface area contributed by atoms with Gasteiger partial charge < -0.3 is 18.9 Å². The first-order valence-corrected chi connectivity index (χ1v) is 17.9. The Kier molecular flexibility index (Phi) is 26.3. The van der Waals surface area contributed by atoms with Crippen molar-refractivity contribution < 1.29 is 37.3 Å². The van der Waals surface area contributed by atoms with Gasteiger partial charge in [0, 0.05) is 12.7 Å². The second kappa shape index (κ2) is 26.8. The van der Waals surface area contributed by atoms with Crippen molar-refractivity contribution in [3.05, 3.63) is 12.2 Å². The van der Waals surface area contributed by atoms with Gasteiger partial charge in [-0.15, -0.1) is 0 Å². The molecule has 0 saturated carbocycles. The summed E-state index contributed by atoms with van der Waals surface area (Å²) in [5.41, 5.74) is 0. The van der Waals surface area contributed by atoms with E-state index >= 15 is 0 Å². The molecule has 0 aliphatic rings. The van der Waals surface area contributed by atoms with Crippen molar-refractivity contribution in [2.45, 2.75) is 136 Å². The maximum atomic E-state index is 12.3. The molecular formula is C32H65NO7P+. The SMILES string of the molecule is CC=CC(=O)O[C@H](COCCCCCCCCCCCCCCCC)COP(=O)(O)OCCCCCC[N+](C)(C)C. The predicted octanol–water partition coefficient (Wildman–Crippen LogP) is 8.37. The maximum Gasteiger partial charge on any atom is 0.472 e. The molecule has 8 nitrogen and oxygen atoms in total. The summed E-state index contributed by atoms with van der Waals surface area (Å²) in [7, 11) is 2.26. The number of allylic oxidation sites excluding steroid dienone is 1. The summed E-state index contributed by atoms with van der Waals surface area (Å²) in [4.78, 5) is 22.0. The summed E-state index contributed by atoms with van der Waals surface area (Å²) in [6, 6.07) is 0. The Morgan fingerprint density at radius 1 is 0.732 bits per heavy atom. The third kappa shape index (κ3) is 30.5. The Morgan fingerprint density at radius 2 is 1.22 bits per heavy atom. The molecule has 0 radical (unpaired) electrons. The number of carbonyl (C=O) groups is 1. The van der Waals surface area contributed by atoms with E-state index in [2.05, 4.69) is 28.1 Å². The van der Waals surface area contributed by atoms with Gasteiger partial charge in [0.05, 0.1) is 47.5 Å². The molecule has 0 aromatic rings. The van der Waals surface area contributed by atoms with Crippen LogP contribution < -0.4 is 0 Å². The fourth-order valence-electron chi connectivity index (χ4n) is 4.51. The van der Waals surface area contributed by atoms with Gasteiger partial charge in [-0.05, 0) is 32.6 Å². The van der Waals surface area contributed by atoms with E-state index in [0.717, 1.165) is 43.1 Å². The molecule has 0 aliphatic carbocycles. The summed E-state index contributed by atoms with van der Waals surface area (Å²) < 4.78 is 34.5. The first-order valence-electron chi connectivity index (χ1n) is 16.4. The minimum absolute atomic E-state index is 0.105. The topological polar surface area (TPSA) is 91.3 Å². The van der Waals surface area contributed by atoms with Crippen LogP contribution in [0.1, 0.15) is 129 Å². The number of unbranched alkanes of at least 4 members (excludes halogenated alkanes) is 16. The van der Waals surface area contributed by atoms with E-state index in [-0.39, 0.29) is 19.8 Å². The summed E-state index contributed by atoms with van der Waals surface area (Å²) in [6.07, 6.45) is 24.0. The lowest BCUT2D eigenvalue weighted by molar-refractivity contribution is -0.870. The van der Waals surface area contributed by atoms with Crippen molar-refractivity contribution in [3.63, 3.8) is 0 Å².